The molecular weight excluding hydrogens is 344 g/mol. The SMILES string of the molecule is CCOC(=O)c1c(-c2ccc([N+](=O)[O-])cc2[N+](=O)[O-])n[nH]c1C(C)(C)C. The van der Waals surface area contributed by atoms with Crippen molar-refractivity contribution < 1.29 is 19.4 Å². The number of carbonyl (C=O) groups excluding carboxylic acids is 1. The van der Waals surface area contributed by atoms with Gasteiger partial charge in [-0.3, -0.25) is 25.3 Å². The zero-order valence-electron chi connectivity index (χ0n) is 14.7. The summed E-state index contributed by atoms with van der Waals surface area (Å²) in [6, 6.07) is 3.18. The Hall–Kier alpha value is -3.30. The van der Waals surface area contributed by atoms with Crippen LogP contribution in [0, 0.1) is 20.2 Å². The van der Waals surface area contributed by atoms with Crippen molar-refractivity contribution in [1.82, 2.24) is 10.2 Å². The van der Waals surface area contributed by atoms with Crippen LogP contribution in [0.5, 0.6) is 0 Å². The minimum Gasteiger partial charge on any atom is -0.462 e. The number of ether oxygens (including phenoxy) is 1. The van der Waals surface area contributed by atoms with Crippen LogP contribution in [-0.2, 0) is 10.2 Å². The first-order valence-corrected chi connectivity index (χ1v) is 7.77. The number of carbonyl (C=O) groups is 1. The molecule has 2 aromatic rings. The summed E-state index contributed by atoms with van der Waals surface area (Å²) in [7, 11) is 0. The standard InChI is InChI=1S/C16H18N4O6/c1-5-26-15(21)12-13(17-18-14(12)16(2,3)4)10-7-6-9(19(22)23)8-11(10)20(24)25/h6-8H,5H2,1-4H3,(H,17,18). The lowest BCUT2D eigenvalue weighted by molar-refractivity contribution is -0.393. The summed E-state index contributed by atoms with van der Waals surface area (Å²) in [5.41, 5.74) is -0.898. The van der Waals surface area contributed by atoms with Crippen LogP contribution in [0.15, 0.2) is 18.2 Å². The predicted octanol–water partition coefficient (Wildman–Crippen LogP) is 3.37. The largest absolute Gasteiger partial charge is 0.462 e. The number of esters is 1. The van der Waals surface area contributed by atoms with E-state index in [1.807, 2.05) is 20.8 Å². The Morgan fingerprint density at radius 3 is 2.38 bits per heavy atom. The number of nitrogens with zero attached hydrogens (tertiary/aromatic N) is 3. The molecule has 138 valence electrons. The second-order valence-electron chi connectivity index (χ2n) is 6.51. The molecule has 0 radical (unpaired) electrons. The molecular formula is C16H18N4O6. The quantitative estimate of drug-likeness (QED) is 0.488. The molecule has 0 aliphatic carbocycles. The summed E-state index contributed by atoms with van der Waals surface area (Å²) in [5.74, 6) is -0.672. The number of non-ortho nitro benzene ring substituents is 1. The van der Waals surface area contributed by atoms with Crippen LogP contribution < -0.4 is 0 Å². The normalized spacial score (nSPS) is 11.2. The van der Waals surface area contributed by atoms with Crippen molar-refractivity contribution in [1.29, 1.82) is 0 Å². The third kappa shape index (κ3) is 3.53. The third-order valence-corrected chi connectivity index (χ3v) is 3.64. The van der Waals surface area contributed by atoms with Crippen molar-refractivity contribution in [3.8, 4) is 11.3 Å². The predicted molar refractivity (Wildman–Crippen MR) is 92.0 cm³/mol. The van der Waals surface area contributed by atoms with Gasteiger partial charge in [0.2, 0.25) is 0 Å². The zero-order chi connectivity index (χ0) is 19.6. The van der Waals surface area contributed by atoms with Gasteiger partial charge >= 0.3 is 5.97 Å². The lowest BCUT2D eigenvalue weighted by Gasteiger charge is -2.18. The molecule has 1 aromatic carbocycles. The van der Waals surface area contributed by atoms with Gasteiger partial charge in [-0.05, 0) is 13.0 Å². The fourth-order valence-electron chi connectivity index (χ4n) is 2.47. The van der Waals surface area contributed by atoms with Crippen LogP contribution in [0.4, 0.5) is 11.4 Å². The van der Waals surface area contributed by atoms with E-state index in [1.165, 1.54) is 6.07 Å². The number of nitro benzene ring substituents is 2. The molecule has 0 fully saturated rings. The average Bonchev–Trinajstić information content (AvgIpc) is 2.99. The molecule has 1 N–H and O–H groups in total. The van der Waals surface area contributed by atoms with Gasteiger partial charge in [-0.2, -0.15) is 5.10 Å². The van der Waals surface area contributed by atoms with Crippen LogP contribution >= 0.6 is 0 Å². The van der Waals surface area contributed by atoms with E-state index >= 15 is 0 Å². The molecule has 1 aromatic heterocycles. The molecule has 0 bridgehead atoms. The molecule has 0 saturated heterocycles. The first-order valence-electron chi connectivity index (χ1n) is 7.77. The minimum atomic E-state index is -0.747. The van der Waals surface area contributed by atoms with Crippen molar-refractivity contribution in [3.63, 3.8) is 0 Å². The summed E-state index contributed by atoms with van der Waals surface area (Å²) in [6.07, 6.45) is 0. The number of hydrogen-bond acceptors (Lipinski definition) is 7. The summed E-state index contributed by atoms with van der Waals surface area (Å²) >= 11 is 0. The van der Waals surface area contributed by atoms with Gasteiger partial charge in [-0.25, -0.2) is 4.79 Å². The minimum absolute atomic E-state index is 0.00426. The number of hydrogen-bond donors (Lipinski definition) is 1. The molecule has 0 aliphatic heterocycles. The van der Waals surface area contributed by atoms with Gasteiger partial charge in [-0.1, -0.05) is 20.8 Å². The Bertz CT molecular complexity index is 881. The van der Waals surface area contributed by atoms with E-state index in [4.69, 9.17) is 4.74 Å². The Balaban J connectivity index is 2.76. The van der Waals surface area contributed by atoms with Crippen molar-refractivity contribution >= 4 is 17.3 Å². The monoisotopic (exact) mass is 362 g/mol. The van der Waals surface area contributed by atoms with E-state index < -0.39 is 32.6 Å². The Labute approximate surface area is 148 Å². The molecule has 10 nitrogen and oxygen atoms in total. The fourth-order valence-corrected chi connectivity index (χ4v) is 2.47. The van der Waals surface area contributed by atoms with E-state index in [0.717, 1.165) is 12.1 Å². The summed E-state index contributed by atoms with van der Waals surface area (Å²) < 4.78 is 5.07. The van der Waals surface area contributed by atoms with Gasteiger partial charge in [0.05, 0.1) is 33.8 Å². The highest BCUT2D eigenvalue weighted by atomic mass is 16.6. The molecule has 0 aliphatic rings. The van der Waals surface area contributed by atoms with Gasteiger partial charge in [0, 0.05) is 11.5 Å². The molecule has 26 heavy (non-hydrogen) atoms. The van der Waals surface area contributed by atoms with Crippen LogP contribution in [0.1, 0.15) is 43.7 Å². The molecule has 1 heterocycles. The molecule has 0 amide bonds. The van der Waals surface area contributed by atoms with Gasteiger partial charge in [0.15, 0.2) is 0 Å². The maximum absolute atomic E-state index is 12.5. The highest BCUT2D eigenvalue weighted by Gasteiger charge is 2.33. The Kier molecular flexibility index (Phi) is 5.05. The Morgan fingerprint density at radius 2 is 1.88 bits per heavy atom. The number of nitro groups is 2. The average molecular weight is 362 g/mol. The number of H-pyrrole nitrogens is 1. The summed E-state index contributed by atoms with van der Waals surface area (Å²) in [5, 5.41) is 29.1. The van der Waals surface area contributed by atoms with Crippen molar-refractivity contribution in [3.05, 3.63) is 49.7 Å². The van der Waals surface area contributed by atoms with Crippen LogP contribution in [-0.4, -0.2) is 32.6 Å². The second kappa shape index (κ2) is 6.90. The van der Waals surface area contributed by atoms with E-state index in [2.05, 4.69) is 10.2 Å². The second-order valence-corrected chi connectivity index (χ2v) is 6.51. The zero-order valence-corrected chi connectivity index (χ0v) is 14.7. The van der Waals surface area contributed by atoms with E-state index in [9.17, 15) is 25.0 Å². The number of rotatable bonds is 5. The maximum Gasteiger partial charge on any atom is 0.342 e. The molecule has 0 unspecified atom stereocenters. The Morgan fingerprint density at radius 1 is 1.23 bits per heavy atom. The maximum atomic E-state index is 12.5. The highest BCUT2D eigenvalue weighted by molar-refractivity contribution is 5.99. The summed E-state index contributed by atoms with van der Waals surface area (Å²) in [4.78, 5) is 33.3. The molecule has 0 saturated carbocycles. The van der Waals surface area contributed by atoms with Crippen molar-refractivity contribution in [2.75, 3.05) is 6.61 Å². The molecule has 2 rings (SSSR count). The van der Waals surface area contributed by atoms with E-state index in [1.54, 1.807) is 6.92 Å². The fraction of sp³-hybridized carbons (Fsp3) is 0.375. The first-order chi connectivity index (χ1) is 12.1. The topological polar surface area (TPSA) is 141 Å². The van der Waals surface area contributed by atoms with Crippen LogP contribution in [0.3, 0.4) is 0 Å². The van der Waals surface area contributed by atoms with Gasteiger partial charge in [0.1, 0.15) is 11.3 Å². The lowest BCUT2D eigenvalue weighted by Crippen LogP contribution is -2.18. The number of benzene rings is 1. The van der Waals surface area contributed by atoms with Crippen LogP contribution in [0.2, 0.25) is 0 Å². The van der Waals surface area contributed by atoms with E-state index in [0.29, 0.717) is 5.69 Å². The van der Waals surface area contributed by atoms with Gasteiger partial charge in [0.25, 0.3) is 11.4 Å². The molecule has 0 atom stereocenters. The lowest BCUT2D eigenvalue weighted by atomic mass is 9.88. The number of aromatic nitrogens is 2. The van der Waals surface area contributed by atoms with Gasteiger partial charge in [-0.15, -0.1) is 0 Å². The summed E-state index contributed by atoms with van der Waals surface area (Å²) in [6.45, 7) is 7.30. The van der Waals surface area contributed by atoms with Crippen molar-refractivity contribution in [2.24, 2.45) is 0 Å². The number of aromatic amines is 1. The third-order valence-electron chi connectivity index (χ3n) is 3.64. The molecule has 10 heteroatoms. The highest BCUT2D eigenvalue weighted by Crippen LogP contribution is 2.37. The van der Waals surface area contributed by atoms with Crippen molar-refractivity contribution in [2.45, 2.75) is 33.1 Å². The van der Waals surface area contributed by atoms with Gasteiger partial charge < -0.3 is 4.74 Å². The van der Waals surface area contributed by atoms with Crippen LogP contribution in [0.25, 0.3) is 11.3 Å². The van der Waals surface area contributed by atoms with E-state index in [-0.39, 0.29) is 23.4 Å². The number of nitrogens with one attached hydrogen (secondary N) is 1. The molecule has 0 spiro atoms. The smallest absolute Gasteiger partial charge is 0.342 e. The first kappa shape index (κ1) is 19.0.